The summed E-state index contributed by atoms with van der Waals surface area (Å²) in [6, 6.07) is 10.0. The van der Waals surface area contributed by atoms with Crippen molar-refractivity contribution in [2.24, 2.45) is 0 Å². The molecule has 1 heterocycles. The number of thioether (sulfide) groups is 1. The molecule has 0 fully saturated rings. The third-order valence-corrected chi connectivity index (χ3v) is 4.38. The molecule has 1 N–H and O–H groups in total. The highest BCUT2D eigenvalue weighted by Gasteiger charge is 2.02. The lowest BCUT2D eigenvalue weighted by Crippen LogP contribution is -1.95. The van der Waals surface area contributed by atoms with E-state index in [0.29, 0.717) is 4.64 Å². The van der Waals surface area contributed by atoms with Crippen molar-refractivity contribution in [1.29, 1.82) is 0 Å². The molecule has 0 amide bonds. The number of benzene rings is 1. The number of nitrogens with one attached hydrogen (secondary N) is 1. The third-order valence-electron chi connectivity index (χ3n) is 2.13. The number of H-pyrrole nitrogens is 1. The van der Waals surface area contributed by atoms with Gasteiger partial charge in [0, 0.05) is 15.1 Å². The van der Waals surface area contributed by atoms with Crippen LogP contribution in [0.5, 0.6) is 0 Å². The molecular formula is C12H11BrN2S2. The summed E-state index contributed by atoms with van der Waals surface area (Å²) in [4.78, 5) is 8.73. The maximum absolute atomic E-state index is 5.09. The highest BCUT2D eigenvalue weighted by molar-refractivity contribution is 9.10. The number of hydrogen-bond donors (Lipinski definition) is 1. The number of aromatic nitrogens is 2. The first kappa shape index (κ1) is 12.8. The smallest absolute Gasteiger partial charge is 0.130 e. The first-order chi connectivity index (χ1) is 8.15. The highest BCUT2D eigenvalue weighted by Crippen LogP contribution is 2.28. The SMILES string of the molecule is Cc1cc(=S)nc(CSc2ccccc2Br)[nH]1. The minimum Gasteiger partial charge on any atom is -0.347 e. The molecule has 1 aromatic heterocycles. The van der Waals surface area contributed by atoms with Crippen molar-refractivity contribution in [3.8, 4) is 0 Å². The lowest BCUT2D eigenvalue weighted by molar-refractivity contribution is 0.985. The van der Waals surface area contributed by atoms with Crippen molar-refractivity contribution >= 4 is 39.9 Å². The van der Waals surface area contributed by atoms with Gasteiger partial charge in [-0.1, -0.05) is 24.4 Å². The first-order valence-corrected chi connectivity index (χ1v) is 7.28. The van der Waals surface area contributed by atoms with Crippen molar-refractivity contribution in [2.75, 3.05) is 0 Å². The molecule has 2 aromatic rings. The second-order valence-electron chi connectivity index (χ2n) is 3.57. The molecule has 0 unspecified atom stereocenters. The van der Waals surface area contributed by atoms with E-state index in [1.165, 1.54) is 4.90 Å². The Morgan fingerprint density at radius 3 is 2.88 bits per heavy atom. The zero-order valence-corrected chi connectivity index (χ0v) is 12.5. The highest BCUT2D eigenvalue weighted by atomic mass is 79.9. The van der Waals surface area contributed by atoms with Gasteiger partial charge in [0.05, 0.1) is 5.75 Å². The summed E-state index contributed by atoms with van der Waals surface area (Å²) >= 11 is 10.4. The van der Waals surface area contributed by atoms with E-state index in [1.54, 1.807) is 11.8 Å². The Bertz CT molecular complexity index is 581. The monoisotopic (exact) mass is 326 g/mol. The fourth-order valence-electron chi connectivity index (χ4n) is 1.42. The molecule has 0 radical (unpaired) electrons. The molecule has 88 valence electrons. The predicted molar refractivity (Wildman–Crippen MR) is 77.9 cm³/mol. The Morgan fingerprint density at radius 2 is 2.18 bits per heavy atom. The number of aryl methyl sites for hydroxylation is 1. The van der Waals surface area contributed by atoms with Crippen LogP contribution in [0.3, 0.4) is 0 Å². The second-order valence-corrected chi connectivity index (χ2v) is 5.86. The Hall–Kier alpha value is -0.650. The molecule has 0 spiro atoms. The van der Waals surface area contributed by atoms with Gasteiger partial charge in [0.15, 0.2) is 0 Å². The quantitative estimate of drug-likeness (QED) is 0.664. The lowest BCUT2D eigenvalue weighted by atomic mass is 10.4. The van der Waals surface area contributed by atoms with Gasteiger partial charge in [-0.2, -0.15) is 0 Å². The maximum atomic E-state index is 5.09. The van der Waals surface area contributed by atoms with Crippen molar-refractivity contribution < 1.29 is 0 Å². The Labute approximate surface area is 118 Å². The van der Waals surface area contributed by atoms with Gasteiger partial charge in [-0.25, -0.2) is 4.98 Å². The molecule has 0 saturated carbocycles. The molecule has 0 bridgehead atoms. The summed E-state index contributed by atoms with van der Waals surface area (Å²) in [6.45, 7) is 1.99. The fourth-order valence-corrected chi connectivity index (χ4v) is 3.14. The minimum absolute atomic E-state index is 0.643. The van der Waals surface area contributed by atoms with Crippen LogP contribution in [0.2, 0.25) is 0 Å². The molecule has 1 aromatic carbocycles. The van der Waals surface area contributed by atoms with E-state index in [4.69, 9.17) is 12.2 Å². The number of halogens is 1. The van der Waals surface area contributed by atoms with E-state index in [0.717, 1.165) is 21.7 Å². The number of rotatable bonds is 3. The maximum Gasteiger partial charge on any atom is 0.130 e. The van der Waals surface area contributed by atoms with Crippen LogP contribution in [0, 0.1) is 11.6 Å². The van der Waals surface area contributed by atoms with E-state index in [2.05, 4.69) is 32.0 Å². The summed E-state index contributed by atoms with van der Waals surface area (Å²) in [5.74, 6) is 1.70. The molecule has 5 heteroatoms. The summed E-state index contributed by atoms with van der Waals surface area (Å²) in [5.41, 5.74) is 1.05. The number of aromatic amines is 1. The van der Waals surface area contributed by atoms with E-state index in [1.807, 2.05) is 31.2 Å². The molecule has 17 heavy (non-hydrogen) atoms. The van der Waals surface area contributed by atoms with Crippen molar-refractivity contribution in [3.63, 3.8) is 0 Å². The molecule has 0 aliphatic rings. The van der Waals surface area contributed by atoms with Gasteiger partial charge in [0.1, 0.15) is 10.5 Å². The average Bonchev–Trinajstić information content (AvgIpc) is 2.27. The van der Waals surface area contributed by atoms with Gasteiger partial charge >= 0.3 is 0 Å². The normalized spacial score (nSPS) is 10.5. The molecule has 0 aliphatic heterocycles. The van der Waals surface area contributed by atoms with Crippen LogP contribution in [0.15, 0.2) is 39.7 Å². The van der Waals surface area contributed by atoms with Gasteiger partial charge in [-0.3, -0.25) is 0 Å². The molecule has 2 nitrogen and oxygen atoms in total. The van der Waals surface area contributed by atoms with Crippen LogP contribution in [0.1, 0.15) is 11.5 Å². The van der Waals surface area contributed by atoms with E-state index < -0.39 is 0 Å². The van der Waals surface area contributed by atoms with Crippen molar-refractivity contribution in [1.82, 2.24) is 9.97 Å². The molecule has 0 atom stereocenters. The van der Waals surface area contributed by atoms with Crippen LogP contribution >= 0.6 is 39.9 Å². The summed E-state index contributed by atoms with van der Waals surface area (Å²) in [6.07, 6.45) is 0. The summed E-state index contributed by atoms with van der Waals surface area (Å²) in [7, 11) is 0. The zero-order valence-electron chi connectivity index (χ0n) is 9.24. The molecular weight excluding hydrogens is 316 g/mol. The molecule has 2 rings (SSSR count). The minimum atomic E-state index is 0.643. The van der Waals surface area contributed by atoms with Gasteiger partial charge in [-0.05, 0) is 41.1 Å². The van der Waals surface area contributed by atoms with Crippen LogP contribution in [-0.2, 0) is 5.75 Å². The van der Waals surface area contributed by atoms with Crippen LogP contribution in [-0.4, -0.2) is 9.97 Å². The van der Waals surface area contributed by atoms with Gasteiger partial charge < -0.3 is 4.98 Å². The standard InChI is InChI=1S/C12H11BrN2S2/c1-8-6-12(16)15-11(14-8)7-17-10-5-3-2-4-9(10)13/h2-6H,7H2,1H3,(H,14,15,16). The number of hydrogen-bond acceptors (Lipinski definition) is 3. The van der Waals surface area contributed by atoms with Gasteiger partial charge in [0.25, 0.3) is 0 Å². The van der Waals surface area contributed by atoms with Crippen LogP contribution in [0.4, 0.5) is 0 Å². The topological polar surface area (TPSA) is 28.7 Å². The average molecular weight is 327 g/mol. The molecule has 0 aliphatic carbocycles. The zero-order chi connectivity index (χ0) is 12.3. The third kappa shape index (κ3) is 3.66. The summed E-state index contributed by atoms with van der Waals surface area (Å²) in [5, 5.41) is 0. The second kappa shape index (κ2) is 5.80. The summed E-state index contributed by atoms with van der Waals surface area (Å²) < 4.78 is 1.75. The van der Waals surface area contributed by atoms with Crippen molar-refractivity contribution in [2.45, 2.75) is 17.6 Å². The largest absolute Gasteiger partial charge is 0.347 e. The fraction of sp³-hybridized carbons (Fsp3) is 0.167. The van der Waals surface area contributed by atoms with Crippen molar-refractivity contribution in [3.05, 3.63) is 51.0 Å². The van der Waals surface area contributed by atoms with Crippen LogP contribution in [0.25, 0.3) is 0 Å². The van der Waals surface area contributed by atoms with Gasteiger partial charge in [0.2, 0.25) is 0 Å². The predicted octanol–water partition coefficient (Wildman–Crippen LogP) is 4.50. The van der Waals surface area contributed by atoms with Crippen LogP contribution < -0.4 is 0 Å². The molecule has 0 saturated heterocycles. The van der Waals surface area contributed by atoms with E-state index >= 15 is 0 Å². The lowest BCUT2D eigenvalue weighted by Gasteiger charge is -2.04. The Morgan fingerprint density at radius 1 is 1.41 bits per heavy atom. The number of nitrogens with zero attached hydrogens (tertiary/aromatic N) is 1. The van der Waals surface area contributed by atoms with E-state index in [-0.39, 0.29) is 0 Å². The van der Waals surface area contributed by atoms with Gasteiger partial charge in [-0.15, -0.1) is 11.8 Å². The Kier molecular flexibility index (Phi) is 4.36. The Balaban J connectivity index is 2.13. The first-order valence-electron chi connectivity index (χ1n) is 5.09. The van der Waals surface area contributed by atoms with E-state index in [9.17, 15) is 0 Å².